The smallest absolute Gasteiger partial charge is 0.309 e. The molecule has 0 saturated heterocycles. The molecule has 0 unspecified atom stereocenters. The van der Waals surface area contributed by atoms with E-state index in [1.165, 1.54) is 30.7 Å². The van der Waals surface area contributed by atoms with Crippen molar-refractivity contribution in [2.24, 2.45) is 5.41 Å². The maximum atomic E-state index is 14.4. The number of rotatable bonds is 5. The van der Waals surface area contributed by atoms with Crippen LogP contribution in [0.1, 0.15) is 61.5 Å². The van der Waals surface area contributed by atoms with Gasteiger partial charge in [0.25, 0.3) is 5.89 Å². The first-order valence-electron chi connectivity index (χ1n) is 10.8. The molecule has 1 aromatic carbocycles. The molecule has 5 rings (SSSR count). The Hall–Kier alpha value is -3.16. The molecule has 2 bridgehead atoms. The molecule has 2 aliphatic carbocycles. The first-order chi connectivity index (χ1) is 15.3. The lowest BCUT2D eigenvalue weighted by Gasteiger charge is -2.41. The molecule has 6 nitrogen and oxygen atoms in total. The summed E-state index contributed by atoms with van der Waals surface area (Å²) in [7, 11) is 0. The first kappa shape index (κ1) is 20.7. The average Bonchev–Trinajstić information content (AvgIpc) is 3.43. The van der Waals surface area contributed by atoms with Crippen LogP contribution in [0.4, 0.5) is 8.78 Å². The van der Waals surface area contributed by atoms with E-state index in [1.807, 2.05) is 6.92 Å². The van der Waals surface area contributed by atoms with Crippen LogP contribution in [0.25, 0.3) is 11.3 Å². The van der Waals surface area contributed by atoms with Crippen molar-refractivity contribution in [3.05, 3.63) is 65.5 Å². The lowest BCUT2D eigenvalue weighted by atomic mass is 9.68. The number of hydrogen-bond donors (Lipinski definition) is 0. The highest BCUT2D eigenvalue weighted by atomic mass is 19.1. The van der Waals surface area contributed by atoms with Crippen LogP contribution in [0, 0.1) is 17.0 Å². The molecule has 2 atom stereocenters. The van der Waals surface area contributed by atoms with Crippen molar-refractivity contribution in [3.8, 4) is 11.3 Å². The maximum Gasteiger partial charge on any atom is 0.309 e. The molecule has 1 saturated carbocycles. The number of benzene rings is 1. The molecule has 0 aliphatic heterocycles. The van der Waals surface area contributed by atoms with Gasteiger partial charge in [0, 0.05) is 18.5 Å². The predicted molar refractivity (Wildman–Crippen MR) is 113 cm³/mol. The Labute approximate surface area is 184 Å². The third-order valence-corrected chi connectivity index (χ3v) is 7.58. The van der Waals surface area contributed by atoms with E-state index in [-0.39, 0.29) is 34.4 Å². The van der Waals surface area contributed by atoms with E-state index in [4.69, 9.17) is 4.42 Å². The zero-order valence-corrected chi connectivity index (χ0v) is 18.2. The number of nitrogens with zero attached hydrogens (tertiary/aromatic N) is 4. The van der Waals surface area contributed by atoms with Gasteiger partial charge in [0.2, 0.25) is 0 Å². The van der Waals surface area contributed by atoms with Crippen molar-refractivity contribution in [2.75, 3.05) is 13.1 Å². The molecule has 2 heterocycles. The summed E-state index contributed by atoms with van der Waals surface area (Å²) >= 11 is 0. The molecule has 1 fully saturated rings. The number of fused-ring (bicyclic) bond motifs is 5. The Morgan fingerprint density at radius 1 is 1.25 bits per heavy atom. The third-order valence-electron chi connectivity index (χ3n) is 7.58. The van der Waals surface area contributed by atoms with Crippen LogP contribution in [0.3, 0.4) is 0 Å². The fourth-order valence-electron chi connectivity index (χ4n) is 5.76. The predicted octanol–water partition coefficient (Wildman–Crippen LogP) is 4.73. The average molecular weight is 438 g/mol. The van der Waals surface area contributed by atoms with Crippen LogP contribution in [0.15, 0.2) is 41.1 Å². The highest BCUT2D eigenvalue weighted by Gasteiger charge is 2.64. The van der Waals surface area contributed by atoms with E-state index >= 15 is 0 Å². The minimum atomic E-state index is -0.662. The molecular weight excluding hydrogens is 414 g/mol. The van der Waals surface area contributed by atoms with Gasteiger partial charge in [0.1, 0.15) is 17.9 Å². The van der Waals surface area contributed by atoms with Gasteiger partial charge in [-0.1, -0.05) is 19.9 Å². The second-order valence-corrected chi connectivity index (χ2v) is 9.18. The molecule has 0 radical (unpaired) electrons. The molecule has 32 heavy (non-hydrogen) atoms. The SMILES string of the molecule is CCN(C[C@@]12CC[C@@H](c3cc(-c4c(F)cccc4F)nnc31)C2(C)C)C(=O)c1ncco1. The molecule has 2 aromatic heterocycles. The largest absolute Gasteiger partial charge is 0.441 e. The second kappa shape index (κ2) is 7.18. The molecule has 1 amide bonds. The van der Waals surface area contributed by atoms with Crippen molar-refractivity contribution < 1.29 is 18.0 Å². The minimum absolute atomic E-state index is 0.0604. The van der Waals surface area contributed by atoms with Gasteiger partial charge in [-0.25, -0.2) is 13.8 Å². The molecule has 0 N–H and O–H groups in total. The van der Waals surface area contributed by atoms with Crippen LogP contribution >= 0.6 is 0 Å². The Kier molecular flexibility index (Phi) is 4.65. The normalized spacial score (nSPS) is 22.7. The van der Waals surface area contributed by atoms with Gasteiger partial charge < -0.3 is 9.32 Å². The van der Waals surface area contributed by atoms with Gasteiger partial charge in [-0.15, -0.1) is 0 Å². The van der Waals surface area contributed by atoms with E-state index in [0.717, 1.165) is 24.1 Å². The third kappa shape index (κ3) is 2.74. The fourth-order valence-corrected chi connectivity index (χ4v) is 5.76. The van der Waals surface area contributed by atoms with Crippen molar-refractivity contribution in [1.82, 2.24) is 20.1 Å². The number of carbonyl (C=O) groups excluding carboxylic acids is 1. The zero-order valence-electron chi connectivity index (χ0n) is 18.2. The molecule has 3 aromatic rings. The summed E-state index contributed by atoms with van der Waals surface area (Å²) < 4.78 is 34.0. The molecule has 166 valence electrons. The van der Waals surface area contributed by atoms with Crippen molar-refractivity contribution in [1.29, 1.82) is 0 Å². The van der Waals surface area contributed by atoms with Gasteiger partial charge in [0.05, 0.1) is 23.1 Å². The lowest BCUT2D eigenvalue weighted by molar-refractivity contribution is 0.0614. The molecule has 8 heteroatoms. The zero-order chi connectivity index (χ0) is 22.7. The Bertz CT molecular complexity index is 1170. The summed E-state index contributed by atoms with van der Waals surface area (Å²) in [5.74, 6) is -1.37. The summed E-state index contributed by atoms with van der Waals surface area (Å²) in [6, 6.07) is 5.55. The lowest BCUT2D eigenvalue weighted by Crippen LogP contribution is -2.48. The monoisotopic (exact) mass is 438 g/mol. The maximum absolute atomic E-state index is 14.4. The van der Waals surface area contributed by atoms with E-state index < -0.39 is 17.0 Å². The number of amides is 1. The number of hydrogen-bond acceptors (Lipinski definition) is 5. The number of aromatic nitrogens is 3. The highest BCUT2D eigenvalue weighted by Crippen LogP contribution is 2.67. The fraction of sp³-hybridized carbons (Fsp3) is 0.417. The van der Waals surface area contributed by atoms with Crippen LogP contribution in [0.5, 0.6) is 0 Å². The van der Waals surface area contributed by atoms with Gasteiger partial charge in [-0.3, -0.25) is 4.79 Å². The van der Waals surface area contributed by atoms with E-state index in [2.05, 4.69) is 29.0 Å². The topological polar surface area (TPSA) is 72.1 Å². The summed E-state index contributed by atoms with van der Waals surface area (Å²) in [5.41, 5.74) is 1.20. The highest BCUT2D eigenvalue weighted by molar-refractivity contribution is 5.89. The summed E-state index contributed by atoms with van der Waals surface area (Å²) in [4.78, 5) is 18.7. The molecule has 2 aliphatic rings. The number of halogens is 2. The van der Waals surface area contributed by atoms with Gasteiger partial charge in [-0.05, 0) is 54.9 Å². The summed E-state index contributed by atoms with van der Waals surface area (Å²) in [5, 5.41) is 8.75. The molecule has 0 spiro atoms. The Morgan fingerprint density at radius 2 is 2.00 bits per heavy atom. The minimum Gasteiger partial charge on any atom is -0.441 e. The Balaban J connectivity index is 1.57. The standard InChI is InChI=1S/C24H24F2N4O2/c1-4-30(22(31)21-27-10-11-32-21)13-24-9-8-15(23(24,2)3)14-12-18(28-29-20(14)24)19-16(25)6-5-7-17(19)26/h5-7,10-12,15H,4,8-9,13H2,1-3H3/t15-,24-/m0/s1. The van der Waals surface area contributed by atoms with Gasteiger partial charge >= 0.3 is 5.91 Å². The summed E-state index contributed by atoms with van der Waals surface area (Å²) in [6.07, 6.45) is 4.61. The van der Waals surface area contributed by atoms with Gasteiger partial charge in [-0.2, -0.15) is 10.2 Å². The Morgan fingerprint density at radius 3 is 2.66 bits per heavy atom. The number of carbonyl (C=O) groups is 1. The van der Waals surface area contributed by atoms with Gasteiger partial charge in [0.15, 0.2) is 0 Å². The van der Waals surface area contributed by atoms with Crippen LogP contribution in [0.2, 0.25) is 0 Å². The summed E-state index contributed by atoms with van der Waals surface area (Å²) in [6.45, 7) is 7.22. The number of likely N-dealkylation sites (N-methyl/N-ethyl adjacent to an activating group) is 1. The van der Waals surface area contributed by atoms with Crippen molar-refractivity contribution in [2.45, 2.75) is 44.9 Å². The van der Waals surface area contributed by atoms with E-state index in [1.54, 1.807) is 11.0 Å². The van der Waals surface area contributed by atoms with Crippen LogP contribution < -0.4 is 0 Å². The van der Waals surface area contributed by atoms with E-state index in [0.29, 0.717) is 13.1 Å². The molecular formula is C24H24F2N4O2. The van der Waals surface area contributed by atoms with Crippen LogP contribution in [-0.2, 0) is 5.41 Å². The van der Waals surface area contributed by atoms with Crippen LogP contribution in [-0.4, -0.2) is 39.1 Å². The first-order valence-corrected chi connectivity index (χ1v) is 10.8. The van der Waals surface area contributed by atoms with Crippen molar-refractivity contribution >= 4 is 5.91 Å². The number of oxazole rings is 1. The van der Waals surface area contributed by atoms with E-state index in [9.17, 15) is 13.6 Å². The second-order valence-electron chi connectivity index (χ2n) is 9.18. The quantitative estimate of drug-likeness (QED) is 0.576. The van der Waals surface area contributed by atoms with Crippen molar-refractivity contribution in [3.63, 3.8) is 0 Å².